The zero-order valence-corrected chi connectivity index (χ0v) is 12.0. The molecule has 1 heterocycles. The summed E-state index contributed by atoms with van der Waals surface area (Å²) >= 11 is 0. The van der Waals surface area contributed by atoms with Gasteiger partial charge in [-0.25, -0.2) is 9.97 Å². The molecule has 0 aromatic carbocycles. The third-order valence-corrected chi connectivity index (χ3v) is 3.25. The summed E-state index contributed by atoms with van der Waals surface area (Å²) in [6.45, 7) is 6.65. The highest BCUT2D eigenvalue weighted by molar-refractivity contribution is 5.60. The number of hydrogen-bond acceptors (Lipinski definition) is 5. The second kappa shape index (κ2) is 6.42. The van der Waals surface area contributed by atoms with E-state index in [0.29, 0.717) is 5.69 Å². The first-order valence-corrected chi connectivity index (χ1v) is 6.36. The van der Waals surface area contributed by atoms with E-state index in [2.05, 4.69) is 45.9 Å². The van der Waals surface area contributed by atoms with Crippen molar-refractivity contribution in [3.05, 3.63) is 12.5 Å². The molecule has 0 radical (unpaired) electrons. The van der Waals surface area contributed by atoms with Gasteiger partial charge in [-0.3, -0.25) is 0 Å². The van der Waals surface area contributed by atoms with Gasteiger partial charge in [0.1, 0.15) is 12.0 Å². The third-order valence-electron chi connectivity index (χ3n) is 3.25. The summed E-state index contributed by atoms with van der Waals surface area (Å²) < 4.78 is 0. The van der Waals surface area contributed by atoms with Crippen molar-refractivity contribution in [3.8, 4) is 0 Å². The molecule has 1 rings (SSSR count). The first kappa shape index (κ1) is 14.5. The van der Waals surface area contributed by atoms with E-state index in [1.165, 1.54) is 12.8 Å². The number of azo groups is 1. The predicted octanol–water partition coefficient (Wildman–Crippen LogP) is 3.60. The van der Waals surface area contributed by atoms with E-state index in [-0.39, 0.29) is 5.54 Å². The molecule has 0 spiro atoms. The average Bonchev–Trinajstić information content (AvgIpc) is 2.36. The van der Waals surface area contributed by atoms with Gasteiger partial charge in [-0.2, -0.15) is 10.2 Å². The van der Waals surface area contributed by atoms with Gasteiger partial charge in [0.25, 0.3) is 0 Å². The van der Waals surface area contributed by atoms with Crippen LogP contribution in [-0.2, 0) is 0 Å². The molecular formula is C13H23N5. The topological polar surface area (TPSA) is 53.7 Å². The van der Waals surface area contributed by atoms with Gasteiger partial charge in [0, 0.05) is 19.6 Å². The first-order valence-electron chi connectivity index (χ1n) is 6.36. The molecule has 0 saturated carbocycles. The molecule has 5 nitrogen and oxygen atoms in total. The van der Waals surface area contributed by atoms with Crippen LogP contribution in [-0.4, -0.2) is 29.6 Å². The van der Waals surface area contributed by atoms with Gasteiger partial charge in [-0.1, -0.05) is 19.8 Å². The highest BCUT2D eigenvalue weighted by atomic mass is 15.2. The van der Waals surface area contributed by atoms with Gasteiger partial charge in [0.05, 0.1) is 6.20 Å². The summed E-state index contributed by atoms with van der Waals surface area (Å²) in [5, 5.41) is 7.89. The van der Waals surface area contributed by atoms with Gasteiger partial charge in [-0.15, -0.1) is 0 Å². The highest BCUT2D eigenvalue weighted by Gasteiger charge is 2.25. The molecule has 0 atom stereocenters. The van der Waals surface area contributed by atoms with Crippen LogP contribution < -0.4 is 4.90 Å². The maximum absolute atomic E-state index is 4.33. The molecule has 1 aromatic heterocycles. The van der Waals surface area contributed by atoms with E-state index in [0.717, 1.165) is 12.2 Å². The number of unbranched alkanes of at least 4 members (excludes halogenated alkanes) is 1. The molecule has 1 aromatic rings. The molecule has 0 aliphatic heterocycles. The fraction of sp³-hybridized carbons (Fsp3) is 0.692. The molecule has 0 fully saturated rings. The van der Waals surface area contributed by atoms with Crippen molar-refractivity contribution in [2.75, 3.05) is 19.0 Å². The maximum atomic E-state index is 4.33. The Labute approximate surface area is 109 Å². The zero-order valence-electron chi connectivity index (χ0n) is 12.0. The second-order valence-electron chi connectivity index (χ2n) is 5.01. The Balaban J connectivity index is 2.98. The van der Waals surface area contributed by atoms with Crippen molar-refractivity contribution in [1.82, 2.24) is 9.97 Å². The molecule has 0 unspecified atom stereocenters. The van der Waals surface area contributed by atoms with Crippen LogP contribution in [0.5, 0.6) is 0 Å². The molecular weight excluding hydrogens is 226 g/mol. The summed E-state index contributed by atoms with van der Waals surface area (Å²) in [5.74, 6) is 0.830. The van der Waals surface area contributed by atoms with Crippen LogP contribution in [0.2, 0.25) is 0 Å². The standard InChI is InChI=1S/C13H23N5/c1-6-7-8-13(2,3)18(5)12-11(17-14-4)9-15-10-16-12/h9-10H,6-8H2,1-5H3/b17-14-. The SMILES string of the molecule is CCCCC(C)(C)N(C)c1ncncc1/N=N\C. The van der Waals surface area contributed by atoms with Crippen LogP contribution in [0, 0.1) is 0 Å². The lowest BCUT2D eigenvalue weighted by Crippen LogP contribution is -2.41. The fourth-order valence-corrected chi connectivity index (χ4v) is 1.82. The highest BCUT2D eigenvalue weighted by Crippen LogP contribution is 2.31. The van der Waals surface area contributed by atoms with E-state index in [9.17, 15) is 0 Å². The number of nitrogens with zero attached hydrogens (tertiary/aromatic N) is 5. The van der Waals surface area contributed by atoms with Crippen LogP contribution in [0.15, 0.2) is 22.8 Å². The summed E-state index contributed by atoms with van der Waals surface area (Å²) in [6, 6.07) is 0. The minimum atomic E-state index is 0.0440. The molecule has 18 heavy (non-hydrogen) atoms. The molecule has 0 aliphatic carbocycles. The fourth-order valence-electron chi connectivity index (χ4n) is 1.82. The second-order valence-corrected chi connectivity index (χ2v) is 5.01. The Bertz CT molecular complexity index is 400. The summed E-state index contributed by atoms with van der Waals surface area (Å²) in [4.78, 5) is 10.5. The lowest BCUT2D eigenvalue weighted by atomic mass is 9.95. The molecule has 5 heteroatoms. The summed E-state index contributed by atoms with van der Waals surface area (Å²) in [5.41, 5.74) is 0.759. The number of aromatic nitrogens is 2. The van der Waals surface area contributed by atoms with Gasteiger partial charge in [0.15, 0.2) is 5.82 Å². The van der Waals surface area contributed by atoms with Gasteiger partial charge in [0.2, 0.25) is 0 Å². The molecule has 0 bridgehead atoms. The van der Waals surface area contributed by atoms with Crippen molar-refractivity contribution in [1.29, 1.82) is 0 Å². The quantitative estimate of drug-likeness (QED) is 0.724. The molecule has 0 amide bonds. The average molecular weight is 249 g/mol. The lowest BCUT2D eigenvalue weighted by Gasteiger charge is -2.37. The summed E-state index contributed by atoms with van der Waals surface area (Å²) in [7, 11) is 3.70. The minimum Gasteiger partial charge on any atom is -0.353 e. The van der Waals surface area contributed by atoms with E-state index in [1.54, 1.807) is 19.6 Å². The van der Waals surface area contributed by atoms with E-state index in [4.69, 9.17) is 0 Å². The van der Waals surface area contributed by atoms with Crippen LogP contribution >= 0.6 is 0 Å². The summed E-state index contributed by atoms with van der Waals surface area (Å²) in [6.07, 6.45) is 6.76. The van der Waals surface area contributed by atoms with Crippen LogP contribution in [0.1, 0.15) is 40.0 Å². The molecule has 0 aliphatic rings. The normalized spacial score (nSPS) is 12.1. The van der Waals surface area contributed by atoms with Gasteiger partial charge < -0.3 is 4.90 Å². The Morgan fingerprint density at radius 2 is 2.11 bits per heavy atom. The Kier molecular flexibility index (Phi) is 5.19. The van der Waals surface area contributed by atoms with Crippen molar-refractivity contribution < 1.29 is 0 Å². The Hall–Kier alpha value is -1.52. The van der Waals surface area contributed by atoms with Gasteiger partial charge in [-0.05, 0) is 20.3 Å². The maximum Gasteiger partial charge on any atom is 0.160 e. The van der Waals surface area contributed by atoms with Crippen molar-refractivity contribution in [2.24, 2.45) is 10.2 Å². The predicted molar refractivity (Wildman–Crippen MR) is 74.5 cm³/mol. The Morgan fingerprint density at radius 1 is 1.39 bits per heavy atom. The Morgan fingerprint density at radius 3 is 2.72 bits per heavy atom. The number of hydrogen-bond donors (Lipinski definition) is 0. The monoisotopic (exact) mass is 249 g/mol. The smallest absolute Gasteiger partial charge is 0.160 e. The van der Waals surface area contributed by atoms with Crippen LogP contribution in [0.4, 0.5) is 11.5 Å². The molecule has 0 N–H and O–H groups in total. The van der Waals surface area contributed by atoms with Crippen LogP contribution in [0.25, 0.3) is 0 Å². The van der Waals surface area contributed by atoms with E-state index >= 15 is 0 Å². The minimum absolute atomic E-state index is 0.0440. The van der Waals surface area contributed by atoms with Crippen molar-refractivity contribution >= 4 is 11.5 Å². The third kappa shape index (κ3) is 3.48. The van der Waals surface area contributed by atoms with Crippen molar-refractivity contribution in [3.63, 3.8) is 0 Å². The lowest BCUT2D eigenvalue weighted by molar-refractivity contribution is 0.429. The first-order chi connectivity index (χ1) is 8.53. The molecule has 0 saturated heterocycles. The van der Waals surface area contributed by atoms with Crippen molar-refractivity contribution in [2.45, 2.75) is 45.6 Å². The van der Waals surface area contributed by atoms with Gasteiger partial charge >= 0.3 is 0 Å². The molecule has 100 valence electrons. The number of rotatable bonds is 6. The van der Waals surface area contributed by atoms with E-state index in [1.807, 2.05) is 7.05 Å². The van der Waals surface area contributed by atoms with Crippen LogP contribution in [0.3, 0.4) is 0 Å². The van der Waals surface area contributed by atoms with E-state index < -0.39 is 0 Å². The largest absolute Gasteiger partial charge is 0.353 e. The number of anilines is 1. The zero-order chi connectivity index (χ0) is 13.6.